The average Bonchev–Trinajstić information content (AvgIpc) is 3.09. The highest BCUT2D eigenvalue weighted by atomic mass is 32.1. The van der Waals surface area contributed by atoms with Crippen LogP contribution in [0.3, 0.4) is 0 Å². The van der Waals surface area contributed by atoms with Crippen molar-refractivity contribution in [2.24, 2.45) is 0 Å². The Morgan fingerprint density at radius 3 is 2.52 bits per heavy atom. The van der Waals surface area contributed by atoms with Gasteiger partial charge in [-0.25, -0.2) is 4.39 Å². The molecule has 1 aromatic heterocycles. The quantitative estimate of drug-likeness (QED) is 0.888. The molecule has 2 saturated heterocycles. The molecule has 1 N–H and O–H groups in total. The number of carbonyl (C=O) groups is 1. The van der Waals surface area contributed by atoms with Crippen molar-refractivity contribution < 1.29 is 9.18 Å². The maximum Gasteiger partial charge on any atom is 0.251 e. The van der Waals surface area contributed by atoms with E-state index in [0.29, 0.717) is 17.6 Å². The summed E-state index contributed by atoms with van der Waals surface area (Å²) >= 11 is 1.82. The first-order valence-electron chi connectivity index (χ1n) is 9.03. The third kappa shape index (κ3) is 3.77. The minimum atomic E-state index is -0.312. The predicted octanol–water partition coefficient (Wildman–Crippen LogP) is 4.20. The molecule has 4 rings (SSSR count). The maximum atomic E-state index is 13.0. The Bertz CT molecular complexity index is 702. The number of fused-ring (bicyclic) bond motifs is 2. The lowest BCUT2D eigenvalue weighted by molar-refractivity contribution is 0.0184. The lowest BCUT2D eigenvalue weighted by atomic mass is 9.81. The molecule has 1 unspecified atom stereocenters. The van der Waals surface area contributed by atoms with Crippen LogP contribution in [-0.2, 0) is 6.54 Å². The second kappa shape index (κ2) is 7.26. The molecule has 0 radical (unpaired) electrons. The Morgan fingerprint density at radius 1 is 1.16 bits per heavy atom. The minimum Gasteiger partial charge on any atom is -0.349 e. The summed E-state index contributed by atoms with van der Waals surface area (Å²) in [5.74, 6) is -0.400. The zero-order valence-electron chi connectivity index (χ0n) is 14.2. The van der Waals surface area contributed by atoms with E-state index in [2.05, 4.69) is 27.7 Å². The largest absolute Gasteiger partial charge is 0.349 e. The molecule has 0 saturated carbocycles. The highest BCUT2D eigenvalue weighted by Crippen LogP contribution is 2.35. The zero-order valence-corrected chi connectivity index (χ0v) is 15.0. The fourth-order valence-corrected chi connectivity index (χ4v) is 5.02. The molecule has 2 bridgehead atoms. The van der Waals surface area contributed by atoms with Gasteiger partial charge in [-0.1, -0.05) is 12.5 Å². The number of halogens is 1. The highest BCUT2D eigenvalue weighted by molar-refractivity contribution is 7.09. The predicted molar refractivity (Wildman–Crippen MR) is 98.2 cm³/mol. The smallest absolute Gasteiger partial charge is 0.251 e. The van der Waals surface area contributed by atoms with Crippen LogP contribution in [0.4, 0.5) is 4.39 Å². The van der Waals surface area contributed by atoms with E-state index in [1.54, 1.807) is 12.1 Å². The number of thiophene rings is 1. The van der Waals surface area contributed by atoms with Crippen molar-refractivity contribution in [2.45, 2.75) is 56.8 Å². The van der Waals surface area contributed by atoms with Gasteiger partial charge in [0, 0.05) is 35.1 Å². The number of nitrogens with one attached hydrogen (secondary N) is 1. The van der Waals surface area contributed by atoms with Crippen molar-refractivity contribution in [2.75, 3.05) is 0 Å². The molecule has 2 aliphatic rings. The third-order valence-corrected chi connectivity index (χ3v) is 6.35. The number of amides is 1. The molecule has 2 fully saturated rings. The van der Waals surface area contributed by atoms with E-state index < -0.39 is 0 Å². The number of nitrogens with zero attached hydrogens (tertiary/aromatic N) is 1. The van der Waals surface area contributed by atoms with Crippen LogP contribution in [0.5, 0.6) is 0 Å². The van der Waals surface area contributed by atoms with Crippen molar-refractivity contribution in [1.82, 2.24) is 10.2 Å². The van der Waals surface area contributed by atoms with Gasteiger partial charge >= 0.3 is 0 Å². The highest BCUT2D eigenvalue weighted by Gasteiger charge is 2.38. The maximum absolute atomic E-state index is 13.0. The van der Waals surface area contributed by atoms with Gasteiger partial charge in [-0.2, -0.15) is 0 Å². The number of carbonyl (C=O) groups excluding carboxylic acids is 1. The first-order chi connectivity index (χ1) is 12.2. The molecule has 2 aromatic rings. The fraction of sp³-hybridized carbons (Fsp3) is 0.450. The number of rotatable bonds is 4. The molecular formula is C20H23FN2OS. The first kappa shape index (κ1) is 16.7. The van der Waals surface area contributed by atoms with Gasteiger partial charge in [0.15, 0.2) is 0 Å². The van der Waals surface area contributed by atoms with Crippen molar-refractivity contribution >= 4 is 17.2 Å². The molecule has 3 heterocycles. The number of hydrogen-bond donors (Lipinski definition) is 1. The van der Waals surface area contributed by atoms with E-state index in [1.165, 1.54) is 36.3 Å². The topological polar surface area (TPSA) is 32.3 Å². The van der Waals surface area contributed by atoms with Crippen LogP contribution in [0.15, 0.2) is 41.8 Å². The summed E-state index contributed by atoms with van der Waals surface area (Å²) in [5.41, 5.74) is 0.535. The summed E-state index contributed by atoms with van der Waals surface area (Å²) in [5, 5.41) is 5.32. The van der Waals surface area contributed by atoms with E-state index in [0.717, 1.165) is 19.4 Å². The Balaban J connectivity index is 1.40. The van der Waals surface area contributed by atoms with Crippen LogP contribution >= 0.6 is 11.3 Å². The Hall–Kier alpha value is -1.72. The molecule has 25 heavy (non-hydrogen) atoms. The zero-order chi connectivity index (χ0) is 17.2. The van der Waals surface area contributed by atoms with Gasteiger partial charge in [-0.05, 0) is 61.4 Å². The minimum absolute atomic E-state index is 0.0882. The monoisotopic (exact) mass is 358 g/mol. The first-order valence-corrected chi connectivity index (χ1v) is 9.91. The van der Waals surface area contributed by atoms with Gasteiger partial charge in [-0.3, -0.25) is 9.69 Å². The Kier molecular flexibility index (Phi) is 4.86. The number of piperidine rings is 2. The SMILES string of the molecule is O=C(NC1C[C@H]2CCC[C@@H](C1)N2Cc1cccs1)c1ccc(F)cc1. The molecule has 3 atom stereocenters. The van der Waals surface area contributed by atoms with Gasteiger partial charge in [-0.15, -0.1) is 11.3 Å². The van der Waals surface area contributed by atoms with Crippen molar-refractivity contribution in [3.05, 3.63) is 58.0 Å². The van der Waals surface area contributed by atoms with Crippen LogP contribution < -0.4 is 5.32 Å². The van der Waals surface area contributed by atoms with Crippen LogP contribution in [0.1, 0.15) is 47.3 Å². The molecule has 5 heteroatoms. The second-order valence-electron chi connectivity index (χ2n) is 7.14. The average molecular weight is 358 g/mol. The molecule has 0 spiro atoms. The van der Waals surface area contributed by atoms with E-state index in [9.17, 15) is 9.18 Å². The van der Waals surface area contributed by atoms with Crippen LogP contribution in [0.2, 0.25) is 0 Å². The van der Waals surface area contributed by atoms with Gasteiger partial charge < -0.3 is 5.32 Å². The van der Waals surface area contributed by atoms with Gasteiger partial charge in [0.1, 0.15) is 5.82 Å². The standard InChI is InChI=1S/C20H23FN2OS/c21-15-8-6-14(7-9-15)20(24)22-16-11-17-3-1-4-18(12-16)23(17)13-19-5-2-10-25-19/h2,5-10,16-18H,1,3-4,11-13H2,(H,22,24)/t16?,17-,18+. The molecule has 2 aliphatic heterocycles. The molecule has 3 nitrogen and oxygen atoms in total. The molecule has 132 valence electrons. The van der Waals surface area contributed by atoms with Crippen LogP contribution in [0, 0.1) is 5.82 Å². The Morgan fingerprint density at radius 2 is 1.88 bits per heavy atom. The fourth-order valence-electron chi connectivity index (χ4n) is 4.31. The van der Waals surface area contributed by atoms with Crippen molar-refractivity contribution in [3.63, 3.8) is 0 Å². The molecular weight excluding hydrogens is 335 g/mol. The number of hydrogen-bond acceptors (Lipinski definition) is 3. The summed E-state index contributed by atoms with van der Waals surface area (Å²) < 4.78 is 13.0. The van der Waals surface area contributed by atoms with E-state index in [4.69, 9.17) is 0 Å². The lowest BCUT2D eigenvalue weighted by Crippen LogP contribution is -2.56. The van der Waals surface area contributed by atoms with Crippen LogP contribution in [0.25, 0.3) is 0 Å². The normalized spacial score (nSPS) is 26.4. The third-order valence-electron chi connectivity index (χ3n) is 5.49. The van der Waals surface area contributed by atoms with Gasteiger partial charge in [0.25, 0.3) is 5.91 Å². The second-order valence-corrected chi connectivity index (χ2v) is 8.17. The summed E-state index contributed by atoms with van der Waals surface area (Å²) in [6.07, 6.45) is 5.73. The van der Waals surface area contributed by atoms with Crippen LogP contribution in [-0.4, -0.2) is 28.9 Å². The molecule has 0 aliphatic carbocycles. The summed E-state index contributed by atoms with van der Waals surface area (Å²) in [7, 11) is 0. The van der Waals surface area contributed by atoms with Gasteiger partial charge in [0.05, 0.1) is 0 Å². The molecule has 1 aromatic carbocycles. The number of benzene rings is 1. The molecule has 1 amide bonds. The van der Waals surface area contributed by atoms with Crippen molar-refractivity contribution in [3.8, 4) is 0 Å². The van der Waals surface area contributed by atoms with Gasteiger partial charge in [0.2, 0.25) is 0 Å². The lowest BCUT2D eigenvalue weighted by Gasteiger charge is -2.49. The van der Waals surface area contributed by atoms with Crippen molar-refractivity contribution in [1.29, 1.82) is 0 Å². The van der Waals surface area contributed by atoms with E-state index >= 15 is 0 Å². The summed E-state index contributed by atoms with van der Waals surface area (Å²) in [4.78, 5) is 16.5. The Labute approximate surface area is 151 Å². The van der Waals surface area contributed by atoms with E-state index in [1.807, 2.05) is 11.3 Å². The summed E-state index contributed by atoms with van der Waals surface area (Å²) in [6, 6.07) is 11.4. The summed E-state index contributed by atoms with van der Waals surface area (Å²) in [6.45, 7) is 1.03. The van der Waals surface area contributed by atoms with E-state index in [-0.39, 0.29) is 17.8 Å².